The van der Waals surface area contributed by atoms with E-state index in [2.05, 4.69) is 33.8 Å². The maximum absolute atomic E-state index is 12.3. The molecule has 1 N–H and O–H groups in total. The number of carbonyl (C=O) groups is 1. The van der Waals surface area contributed by atoms with Crippen LogP contribution in [0.2, 0.25) is 0 Å². The molecule has 3 rings (SSSR count). The van der Waals surface area contributed by atoms with Crippen molar-refractivity contribution < 1.29 is 19.4 Å². The number of unbranched alkanes of at least 4 members (excludes halogenated alkanes) is 1. The van der Waals surface area contributed by atoms with Gasteiger partial charge in [0.2, 0.25) is 0 Å². The third-order valence-corrected chi connectivity index (χ3v) is 6.12. The molecule has 2 aliphatic rings. The molecule has 0 saturated heterocycles. The van der Waals surface area contributed by atoms with Crippen LogP contribution in [0.1, 0.15) is 83.3 Å². The molecule has 1 aromatic rings. The summed E-state index contributed by atoms with van der Waals surface area (Å²) >= 11 is 0. The van der Waals surface area contributed by atoms with Crippen LogP contribution in [0.25, 0.3) is 0 Å². The topological polar surface area (TPSA) is 55.8 Å². The summed E-state index contributed by atoms with van der Waals surface area (Å²) in [6, 6.07) is 3.64. The number of phenols is 1. The van der Waals surface area contributed by atoms with Crippen molar-refractivity contribution in [1.82, 2.24) is 0 Å². The van der Waals surface area contributed by atoms with Gasteiger partial charge in [0.15, 0.2) is 0 Å². The van der Waals surface area contributed by atoms with Gasteiger partial charge in [0, 0.05) is 17.4 Å². The first-order valence-electron chi connectivity index (χ1n) is 10.1. The highest BCUT2D eigenvalue weighted by Gasteiger charge is 2.45. The number of esters is 1. The van der Waals surface area contributed by atoms with E-state index < -0.39 is 5.92 Å². The second-order valence-corrected chi connectivity index (χ2v) is 8.60. The fourth-order valence-electron chi connectivity index (χ4n) is 4.41. The molecule has 1 aromatic carbocycles. The van der Waals surface area contributed by atoms with Gasteiger partial charge in [0.05, 0.1) is 12.5 Å². The van der Waals surface area contributed by atoms with E-state index in [1.54, 1.807) is 6.07 Å². The Labute approximate surface area is 162 Å². The number of benzene rings is 1. The van der Waals surface area contributed by atoms with E-state index in [0.717, 1.165) is 36.8 Å². The lowest BCUT2D eigenvalue weighted by Crippen LogP contribution is -2.45. The van der Waals surface area contributed by atoms with E-state index >= 15 is 0 Å². The zero-order valence-electron chi connectivity index (χ0n) is 17.2. The molecule has 0 bridgehead atoms. The van der Waals surface area contributed by atoms with Gasteiger partial charge in [-0.15, -0.1) is 0 Å². The highest BCUT2D eigenvalue weighted by Crippen LogP contribution is 2.54. The Balaban J connectivity index is 1.92. The van der Waals surface area contributed by atoms with E-state index in [0.29, 0.717) is 18.3 Å². The minimum atomic E-state index is -0.435. The first kappa shape index (κ1) is 19.8. The number of fused-ring (bicyclic) bond motifs is 3. The van der Waals surface area contributed by atoms with Gasteiger partial charge in [-0.05, 0) is 64.7 Å². The molecular weight excluding hydrogens is 340 g/mol. The summed E-state index contributed by atoms with van der Waals surface area (Å²) < 4.78 is 11.7. The Bertz CT molecular complexity index is 747. The van der Waals surface area contributed by atoms with Crippen molar-refractivity contribution in [1.29, 1.82) is 0 Å². The molecule has 1 aliphatic carbocycles. The zero-order valence-corrected chi connectivity index (χ0v) is 17.2. The number of carbonyl (C=O) groups excluding carboxylic acids is 1. The minimum Gasteiger partial charge on any atom is -0.508 e. The van der Waals surface area contributed by atoms with Crippen LogP contribution in [0.4, 0.5) is 0 Å². The molecule has 4 nitrogen and oxygen atoms in total. The number of rotatable bonds is 5. The minimum absolute atomic E-state index is 0.232. The van der Waals surface area contributed by atoms with Crippen molar-refractivity contribution in [3.05, 3.63) is 34.9 Å². The van der Waals surface area contributed by atoms with Gasteiger partial charge < -0.3 is 14.6 Å². The fourth-order valence-corrected chi connectivity index (χ4v) is 4.41. The largest absolute Gasteiger partial charge is 0.508 e. The third-order valence-electron chi connectivity index (χ3n) is 6.12. The maximum Gasteiger partial charge on any atom is 0.313 e. The third kappa shape index (κ3) is 3.85. The predicted molar refractivity (Wildman–Crippen MR) is 106 cm³/mol. The number of allylic oxidation sites excluding steroid dienone is 2. The summed E-state index contributed by atoms with van der Waals surface area (Å²) in [6.45, 7) is 10.7. The van der Waals surface area contributed by atoms with Gasteiger partial charge in [-0.1, -0.05) is 25.0 Å². The predicted octanol–water partition coefficient (Wildman–Crippen LogP) is 5.45. The van der Waals surface area contributed by atoms with Crippen molar-refractivity contribution in [2.45, 2.75) is 77.7 Å². The molecule has 1 aliphatic heterocycles. The van der Waals surface area contributed by atoms with Crippen molar-refractivity contribution in [3.8, 4) is 11.5 Å². The number of phenolic OH excluding ortho intramolecular Hbond substituents is 1. The van der Waals surface area contributed by atoms with Crippen molar-refractivity contribution in [2.75, 3.05) is 6.61 Å². The summed E-state index contributed by atoms with van der Waals surface area (Å²) in [7, 11) is 0. The first-order chi connectivity index (χ1) is 12.7. The van der Waals surface area contributed by atoms with E-state index in [4.69, 9.17) is 9.47 Å². The standard InChI is InChI=1S/C23H32O4/c1-6-7-10-26-22(25)15(3)16-12-19(24)21-17-11-14(2)8-9-18(17)23(4,5)27-20(21)13-16/h8,12-13,15,17-18,24H,6-7,9-11H2,1-5H3. The monoisotopic (exact) mass is 372 g/mol. The van der Waals surface area contributed by atoms with Gasteiger partial charge in [0.1, 0.15) is 17.1 Å². The molecule has 0 saturated carbocycles. The van der Waals surface area contributed by atoms with Crippen LogP contribution in [0.3, 0.4) is 0 Å². The highest BCUT2D eigenvalue weighted by molar-refractivity contribution is 5.78. The Hall–Kier alpha value is -1.97. The van der Waals surface area contributed by atoms with Crippen LogP contribution in [-0.4, -0.2) is 23.3 Å². The van der Waals surface area contributed by atoms with Gasteiger partial charge >= 0.3 is 5.97 Å². The molecule has 0 aromatic heterocycles. The lowest BCUT2D eigenvalue weighted by atomic mass is 9.67. The molecule has 4 heteroatoms. The molecule has 3 atom stereocenters. The second kappa shape index (κ2) is 7.57. The van der Waals surface area contributed by atoms with Crippen molar-refractivity contribution >= 4 is 5.97 Å². The molecule has 27 heavy (non-hydrogen) atoms. The van der Waals surface area contributed by atoms with Crippen LogP contribution >= 0.6 is 0 Å². The Kier molecular flexibility index (Phi) is 5.55. The van der Waals surface area contributed by atoms with Gasteiger partial charge in [-0.2, -0.15) is 0 Å². The lowest BCUT2D eigenvalue weighted by molar-refractivity contribution is -0.145. The molecule has 0 radical (unpaired) electrons. The normalized spacial score (nSPS) is 24.1. The summed E-state index contributed by atoms with van der Waals surface area (Å²) in [6.07, 6.45) is 6.04. The lowest BCUT2D eigenvalue weighted by Gasteiger charge is -2.47. The maximum atomic E-state index is 12.3. The second-order valence-electron chi connectivity index (χ2n) is 8.60. The Morgan fingerprint density at radius 1 is 1.41 bits per heavy atom. The molecule has 1 heterocycles. The zero-order chi connectivity index (χ0) is 19.8. The van der Waals surface area contributed by atoms with Crippen molar-refractivity contribution in [3.63, 3.8) is 0 Å². The van der Waals surface area contributed by atoms with Gasteiger partial charge in [0.25, 0.3) is 0 Å². The van der Waals surface area contributed by atoms with E-state index in [1.807, 2.05) is 13.0 Å². The average Bonchev–Trinajstić information content (AvgIpc) is 2.59. The highest BCUT2D eigenvalue weighted by atomic mass is 16.5. The van der Waals surface area contributed by atoms with E-state index in [1.165, 1.54) is 5.57 Å². The van der Waals surface area contributed by atoms with E-state index in [9.17, 15) is 9.90 Å². The summed E-state index contributed by atoms with van der Waals surface area (Å²) in [5.74, 6) is 0.828. The number of aromatic hydroxyl groups is 1. The van der Waals surface area contributed by atoms with E-state index in [-0.39, 0.29) is 23.2 Å². The number of hydrogen-bond donors (Lipinski definition) is 1. The van der Waals surface area contributed by atoms with Crippen LogP contribution in [0.15, 0.2) is 23.8 Å². The van der Waals surface area contributed by atoms with Gasteiger partial charge in [-0.25, -0.2) is 0 Å². The number of hydrogen-bond acceptors (Lipinski definition) is 4. The van der Waals surface area contributed by atoms with Crippen LogP contribution in [0, 0.1) is 5.92 Å². The summed E-state index contributed by atoms with van der Waals surface area (Å²) in [5, 5.41) is 10.8. The molecule has 0 spiro atoms. The molecule has 148 valence electrons. The quantitative estimate of drug-likeness (QED) is 0.424. The smallest absolute Gasteiger partial charge is 0.313 e. The number of ether oxygens (including phenoxy) is 2. The first-order valence-corrected chi connectivity index (χ1v) is 10.1. The summed E-state index contributed by atoms with van der Waals surface area (Å²) in [4.78, 5) is 12.3. The molecule has 0 amide bonds. The Morgan fingerprint density at radius 2 is 2.15 bits per heavy atom. The van der Waals surface area contributed by atoms with Gasteiger partial charge in [-0.3, -0.25) is 4.79 Å². The molecule has 3 unspecified atom stereocenters. The Morgan fingerprint density at radius 3 is 2.85 bits per heavy atom. The van der Waals surface area contributed by atoms with Crippen LogP contribution < -0.4 is 4.74 Å². The SMILES string of the molecule is CCCCOC(=O)C(C)c1cc(O)c2c(c1)OC(C)(C)C1CC=C(C)CC21. The average molecular weight is 373 g/mol. The summed E-state index contributed by atoms with van der Waals surface area (Å²) in [5.41, 5.74) is 2.67. The molecule has 0 fully saturated rings. The molecular formula is C23H32O4. The van der Waals surface area contributed by atoms with Crippen LogP contribution in [-0.2, 0) is 9.53 Å². The fraction of sp³-hybridized carbons (Fsp3) is 0.609. The van der Waals surface area contributed by atoms with Crippen molar-refractivity contribution in [2.24, 2.45) is 5.92 Å². The van der Waals surface area contributed by atoms with Crippen LogP contribution in [0.5, 0.6) is 11.5 Å².